The number of piperidine rings is 2. The number of hydrogen-bond acceptors (Lipinski definition) is 3. The molecule has 0 spiro atoms. The number of benzene rings is 1. The van der Waals surface area contributed by atoms with Crippen LogP contribution in [0.15, 0.2) is 30.3 Å². The maximum atomic E-state index is 14.1. The molecule has 2 aliphatic heterocycles. The number of fused-ring (bicyclic) bond motifs is 1. The number of carbonyl (C=O) groups is 2. The van der Waals surface area contributed by atoms with E-state index < -0.39 is 17.5 Å². The zero-order valence-electron chi connectivity index (χ0n) is 20.3. The molecular formula is C28H33F2N3O2. The van der Waals surface area contributed by atoms with Crippen molar-refractivity contribution >= 4 is 11.8 Å². The second kappa shape index (κ2) is 10.0. The summed E-state index contributed by atoms with van der Waals surface area (Å²) < 4.78 is 27.4. The van der Waals surface area contributed by atoms with E-state index in [4.69, 9.17) is 4.98 Å². The van der Waals surface area contributed by atoms with Gasteiger partial charge in [-0.3, -0.25) is 14.6 Å². The molecule has 2 atom stereocenters. The maximum absolute atomic E-state index is 14.1. The lowest BCUT2D eigenvalue weighted by molar-refractivity contribution is 0.0387. The summed E-state index contributed by atoms with van der Waals surface area (Å²) in [6, 6.07) is 7.23. The van der Waals surface area contributed by atoms with Crippen LogP contribution in [0.3, 0.4) is 0 Å². The van der Waals surface area contributed by atoms with Crippen LogP contribution >= 0.6 is 0 Å². The molecule has 5 rings (SSSR count). The molecular weight excluding hydrogens is 448 g/mol. The summed E-state index contributed by atoms with van der Waals surface area (Å²) in [4.78, 5) is 35.2. The zero-order chi connectivity index (χ0) is 24.5. The molecule has 0 bridgehead atoms. The number of nitrogens with zero attached hydrogens (tertiary/aromatic N) is 3. The van der Waals surface area contributed by atoms with E-state index in [1.165, 1.54) is 31.7 Å². The molecule has 1 aromatic heterocycles. The summed E-state index contributed by atoms with van der Waals surface area (Å²) in [5, 5.41) is 0. The lowest BCUT2D eigenvalue weighted by Gasteiger charge is -2.44. The number of amides is 2. The summed E-state index contributed by atoms with van der Waals surface area (Å²) in [7, 11) is 0. The maximum Gasteiger partial charge on any atom is 0.256 e. The number of halogens is 2. The molecule has 7 heteroatoms. The highest BCUT2D eigenvalue weighted by Crippen LogP contribution is 2.37. The summed E-state index contributed by atoms with van der Waals surface area (Å²) >= 11 is 0. The highest BCUT2D eigenvalue weighted by molar-refractivity contribution is 5.96. The molecule has 0 N–H and O–H groups in total. The van der Waals surface area contributed by atoms with Crippen LogP contribution in [-0.4, -0.2) is 52.3 Å². The lowest BCUT2D eigenvalue weighted by Crippen LogP contribution is -2.50. The van der Waals surface area contributed by atoms with Crippen LogP contribution in [0.4, 0.5) is 8.78 Å². The molecule has 1 aromatic carbocycles. The van der Waals surface area contributed by atoms with Gasteiger partial charge in [-0.1, -0.05) is 12.8 Å². The number of likely N-dealkylation sites (tertiary alicyclic amines) is 2. The van der Waals surface area contributed by atoms with Crippen LogP contribution < -0.4 is 0 Å². The highest BCUT2D eigenvalue weighted by atomic mass is 19.1. The Morgan fingerprint density at radius 1 is 0.857 bits per heavy atom. The second-order valence-electron chi connectivity index (χ2n) is 10.3. The monoisotopic (exact) mass is 481 g/mol. The fourth-order valence-corrected chi connectivity index (χ4v) is 6.29. The van der Waals surface area contributed by atoms with Crippen LogP contribution in [0.25, 0.3) is 0 Å². The van der Waals surface area contributed by atoms with Crippen LogP contribution in [0.1, 0.15) is 89.4 Å². The predicted molar refractivity (Wildman–Crippen MR) is 129 cm³/mol. The van der Waals surface area contributed by atoms with E-state index in [9.17, 15) is 18.4 Å². The number of aromatic nitrogens is 1. The lowest BCUT2D eigenvalue weighted by atomic mass is 9.78. The SMILES string of the molecule is Cc1ccc(C(=O)N2CCC[C@H]3CCCC[C@@H]32)c(C2CCN(C(=O)c3ccc(F)cc3F)CC2)n1. The van der Waals surface area contributed by atoms with Crippen molar-refractivity contribution in [3.63, 3.8) is 0 Å². The third-order valence-corrected chi connectivity index (χ3v) is 8.13. The molecule has 0 unspecified atom stereocenters. The van der Waals surface area contributed by atoms with Gasteiger partial charge in [-0.25, -0.2) is 8.78 Å². The molecule has 3 aliphatic rings. The van der Waals surface area contributed by atoms with Crippen molar-refractivity contribution in [1.29, 1.82) is 0 Å². The molecule has 1 saturated carbocycles. The minimum Gasteiger partial charge on any atom is -0.339 e. The van der Waals surface area contributed by atoms with Gasteiger partial charge in [0, 0.05) is 43.4 Å². The quantitative estimate of drug-likeness (QED) is 0.583. The van der Waals surface area contributed by atoms with Gasteiger partial charge in [-0.2, -0.15) is 0 Å². The van der Waals surface area contributed by atoms with Gasteiger partial charge < -0.3 is 9.80 Å². The van der Waals surface area contributed by atoms with Gasteiger partial charge in [0.1, 0.15) is 11.6 Å². The fourth-order valence-electron chi connectivity index (χ4n) is 6.29. The second-order valence-corrected chi connectivity index (χ2v) is 10.3. The van der Waals surface area contributed by atoms with E-state index in [1.807, 2.05) is 19.1 Å². The van der Waals surface area contributed by atoms with Gasteiger partial charge in [-0.15, -0.1) is 0 Å². The van der Waals surface area contributed by atoms with Crippen molar-refractivity contribution in [2.45, 2.75) is 70.3 Å². The van der Waals surface area contributed by atoms with Gasteiger partial charge in [0.25, 0.3) is 11.8 Å². The topological polar surface area (TPSA) is 53.5 Å². The first-order valence-electron chi connectivity index (χ1n) is 12.9. The first kappa shape index (κ1) is 23.9. The number of hydrogen-bond donors (Lipinski definition) is 0. The standard InChI is InChI=1S/C28H33F2N3O2/c1-18-8-10-23(28(35)33-14-4-6-19-5-2-3-7-25(19)33)26(31-18)20-12-15-32(16-13-20)27(34)22-11-9-21(29)17-24(22)30/h8-11,17,19-20,25H,2-7,12-16H2,1H3/t19-,25+/m1/s1. The summed E-state index contributed by atoms with van der Waals surface area (Å²) in [5.41, 5.74) is 2.28. The smallest absolute Gasteiger partial charge is 0.256 e. The molecule has 2 aromatic rings. The van der Waals surface area contributed by atoms with Crippen molar-refractivity contribution in [3.8, 4) is 0 Å². The van der Waals surface area contributed by atoms with Crippen LogP contribution in [0.5, 0.6) is 0 Å². The molecule has 0 radical (unpaired) electrons. The molecule has 2 amide bonds. The van der Waals surface area contributed by atoms with Gasteiger partial charge >= 0.3 is 0 Å². The Hall–Kier alpha value is -2.83. The average Bonchev–Trinajstić information content (AvgIpc) is 2.87. The molecule has 5 nitrogen and oxygen atoms in total. The van der Waals surface area contributed by atoms with E-state index in [2.05, 4.69) is 4.90 Å². The predicted octanol–water partition coefficient (Wildman–Crippen LogP) is 5.48. The first-order valence-corrected chi connectivity index (χ1v) is 12.9. The Labute approximate surface area is 205 Å². The van der Waals surface area contributed by atoms with Crippen LogP contribution in [0.2, 0.25) is 0 Å². The largest absolute Gasteiger partial charge is 0.339 e. The number of pyridine rings is 1. The fraction of sp³-hybridized carbons (Fsp3) is 0.536. The van der Waals surface area contributed by atoms with Crippen LogP contribution in [0, 0.1) is 24.5 Å². The van der Waals surface area contributed by atoms with Crippen molar-refractivity contribution in [2.24, 2.45) is 5.92 Å². The summed E-state index contributed by atoms with van der Waals surface area (Å²) in [5.74, 6) is -1.20. The average molecular weight is 482 g/mol. The van der Waals surface area contributed by atoms with Crippen molar-refractivity contribution < 1.29 is 18.4 Å². The first-order chi connectivity index (χ1) is 16.9. The van der Waals surface area contributed by atoms with E-state index in [1.54, 1.807) is 4.90 Å². The molecule has 35 heavy (non-hydrogen) atoms. The number of carbonyl (C=O) groups excluding carboxylic acids is 2. The Kier molecular flexibility index (Phi) is 6.85. The van der Waals surface area contributed by atoms with Gasteiger partial charge in [0.15, 0.2) is 0 Å². The Morgan fingerprint density at radius 2 is 1.57 bits per heavy atom. The Balaban J connectivity index is 1.32. The normalized spacial score (nSPS) is 23.2. The van der Waals surface area contributed by atoms with E-state index in [0.717, 1.165) is 42.9 Å². The summed E-state index contributed by atoms with van der Waals surface area (Å²) in [6.45, 7) is 3.63. The third kappa shape index (κ3) is 4.82. The van der Waals surface area contributed by atoms with E-state index in [0.29, 0.717) is 43.5 Å². The Morgan fingerprint density at radius 3 is 2.34 bits per heavy atom. The Bertz CT molecular complexity index is 1110. The number of aryl methyl sites for hydroxylation is 1. The van der Waals surface area contributed by atoms with Gasteiger partial charge in [0.05, 0.1) is 16.8 Å². The van der Waals surface area contributed by atoms with E-state index >= 15 is 0 Å². The van der Waals surface area contributed by atoms with E-state index in [-0.39, 0.29) is 17.4 Å². The molecule has 186 valence electrons. The minimum atomic E-state index is -0.840. The minimum absolute atomic E-state index is 0.0582. The zero-order valence-corrected chi connectivity index (χ0v) is 20.3. The molecule has 2 saturated heterocycles. The van der Waals surface area contributed by atoms with Gasteiger partial charge in [-0.05, 0) is 75.6 Å². The van der Waals surface area contributed by atoms with Crippen LogP contribution in [-0.2, 0) is 0 Å². The molecule has 3 heterocycles. The third-order valence-electron chi connectivity index (χ3n) is 8.13. The van der Waals surface area contributed by atoms with Crippen molar-refractivity contribution in [3.05, 3.63) is 64.5 Å². The molecule has 3 fully saturated rings. The summed E-state index contributed by atoms with van der Waals surface area (Å²) in [6.07, 6.45) is 8.33. The molecule has 1 aliphatic carbocycles. The van der Waals surface area contributed by atoms with Gasteiger partial charge in [0.2, 0.25) is 0 Å². The highest BCUT2D eigenvalue weighted by Gasteiger charge is 2.38. The number of rotatable bonds is 3. The van der Waals surface area contributed by atoms with Crippen molar-refractivity contribution in [1.82, 2.24) is 14.8 Å². The van der Waals surface area contributed by atoms with Crippen molar-refractivity contribution in [2.75, 3.05) is 19.6 Å².